The number of carbonyl (C=O) groups is 2. The smallest absolute Gasteiger partial charge is 0.229 e. The summed E-state index contributed by atoms with van der Waals surface area (Å²) in [6.07, 6.45) is 2.97. The summed E-state index contributed by atoms with van der Waals surface area (Å²) in [5.74, 6) is 0.342. The van der Waals surface area contributed by atoms with Crippen molar-refractivity contribution in [3.05, 3.63) is 0 Å². The van der Waals surface area contributed by atoms with E-state index >= 15 is 0 Å². The van der Waals surface area contributed by atoms with E-state index in [2.05, 4.69) is 10.0 Å². The normalized spacial score (nSPS) is 11.3. The van der Waals surface area contributed by atoms with Gasteiger partial charge in [0, 0.05) is 19.4 Å². The third-order valence-corrected chi connectivity index (χ3v) is 3.57. The molecule has 0 spiro atoms. The topological polar surface area (TPSA) is 119 Å². The summed E-state index contributed by atoms with van der Waals surface area (Å²) < 4.78 is 8.40. The molecule has 0 aliphatic rings. The molecule has 6 N–H and O–H groups in total. The SMILES string of the molecule is CC(C)(CCNC(=O)CCCN)OCSNC(=O)CCCN. The van der Waals surface area contributed by atoms with Crippen molar-refractivity contribution in [1.82, 2.24) is 10.0 Å². The Morgan fingerprint density at radius 2 is 1.68 bits per heavy atom. The Kier molecular flexibility index (Phi) is 12.2. The number of hydrogen-bond donors (Lipinski definition) is 4. The van der Waals surface area contributed by atoms with Gasteiger partial charge in [0.1, 0.15) is 5.94 Å². The summed E-state index contributed by atoms with van der Waals surface area (Å²) in [7, 11) is 0. The Balaban J connectivity index is 3.68. The van der Waals surface area contributed by atoms with Gasteiger partial charge in [0.25, 0.3) is 0 Å². The lowest BCUT2D eigenvalue weighted by Crippen LogP contribution is -2.33. The van der Waals surface area contributed by atoms with Crippen LogP contribution in [0.3, 0.4) is 0 Å². The maximum atomic E-state index is 11.4. The van der Waals surface area contributed by atoms with Crippen LogP contribution < -0.4 is 21.5 Å². The number of hydrogen-bond acceptors (Lipinski definition) is 6. The molecule has 0 aliphatic carbocycles. The van der Waals surface area contributed by atoms with Gasteiger partial charge in [-0.25, -0.2) is 0 Å². The number of rotatable bonds is 13. The summed E-state index contributed by atoms with van der Waals surface area (Å²) in [6.45, 7) is 5.50. The van der Waals surface area contributed by atoms with E-state index in [-0.39, 0.29) is 17.4 Å². The van der Waals surface area contributed by atoms with Gasteiger partial charge in [-0.2, -0.15) is 0 Å². The molecule has 0 atom stereocenters. The zero-order valence-electron chi connectivity index (χ0n) is 13.7. The minimum Gasteiger partial charge on any atom is -0.363 e. The van der Waals surface area contributed by atoms with E-state index in [1.165, 1.54) is 11.9 Å². The van der Waals surface area contributed by atoms with Gasteiger partial charge in [0.05, 0.1) is 5.60 Å². The second-order valence-electron chi connectivity index (χ2n) is 5.58. The summed E-state index contributed by atoms with van der Waals surface area (Å²) >= 11 is 1.23. The van der Waals surface area contributed by atoms with Gasteiger partial charge in [-0.15, -0.1) is 0 Å². The highest BCUT2D eigenvalue weighted by molar-refractivity contribution is 7.97. The molecule has 8 heteroatoms. The first-order valence-electron chi connectivity index (χ1n) is 7.62. The zero-order valence-corrected chi connectivity index (χ0v) is 14.5. The molecule has 2 amide bonds. The summed E-state index contributed by atoms with van der Waals surface area (Å²) in [4.78, 5) is 22.8. The van der Waals surface area contributed by atoms with Gasteiger partial charge in [-0.05, 0) is 58.1 Å². The molecular formula is C14H30N4O3S. The number of nitrogens with two attached hydrogens (primary N) is 2. The van der Waals surface area contributed by atoms with Crippen LogP contribution in [-0.4, -0.2) is 43.0 Å². The predicted molar refractivity (Wildman–Crippen MR) is 90.0 cm³/mol. The van der Waals surface area contributed by atoms with Crippen molar-refractivity contribution in [3.8, 4) is 0 Å². The van der Waals surface area contributed by atoms with Gasteiger partial charge in [0.2, 0.25) is 11.8 Å². The van der Waals surface area contributed by atoms with Crippen molar-refractivity contribution in [2.75, 3.05) is 25.6 Å². The minimum absolute atomic E-state index is 0.0165. The summed E-state index contributed by atoms with van der Waals surface area (Å²) in [5.41, 5.74) is 10.3. The van der Waals surface area contributed by atoms with E-state index in [9.17, 15) is 9.59 Å². The molecule has 22 heavy (non-hydrogen) atoms. The molecule has 0 aromatic heterocycles. The average molecular weight is 334 g/mol. The van der Waals surface area contributed by atoms with E-state index in [1.807, 2.05) is 13.8 Å². The fraction of sp³-hybridized carbons (Fsp3) is 0.857. The number of amides is 2. The van der Waals surface area contributed by atoms with Crippen LogP contribution in [-0.2, 0) is 14.3 Å². The van der Waals surface area contributed by atoms with E-state index < -0.39 is 0 Å². The largest absolute Gasteiger partial charge is 0.363 e. The number of carbonyl (C=O) groups excluding carboxylic acids is 2. The minimum atomic E-state index is -0.365. The maximum Gasteiger partial charge on any atom is 0.229 e. The van der Waals surface area contributed by atoms with Gasteiger partial charge < -0.3 is 21.5 Å². The Labute approximate surface area is 137 Å². The fourth-order valence-electron chi connectivity index (χ4n) is 1.54. The molecule has 0 radical (unpaired) electrons. The predicted octanol–water partition coefficient (Wildman–Crippen LogP) is 0.488. The molecule has 0 fully saturated rings. The third-order valence-electron chi connectivity index (χ3n) is 2.96. The first kappa shape index (κ1) is 21.2. The molecule has 0 saturated heterocycles. The highest BCUT2D eigenvalue weighted by Crippen LogP contribution is 2.15. The van der Waals surface area contributed by atoms with Gasteiger partial charge in [-0.1, -0.05) is 0 Å². The van der Waals surface area contributed by atoms with Crippen molar-refractivity contribution < 1.29 is 14.3 Å². The van der Waals surface area contributed by atoms with Crippen LogP contribution in [0.15, 0.2) is 0 Å². The van der Waals surface area contributed by atoms with Crippen molar-refractivity contribution >= 4 is 23.8 Å². The molecule has 0 unspecified atom stereocenters. The molecule has 0 saturated carbocycles. The lowest BCUT2D eigenvalue weighted by Gasteiger charge is -2.25. The molecule has 0 heterocycles. The molecule has 0 aromatic rings. The van der Waals surface area contributed by atoms with Gasteiger partial charge in [-0.3, -0.25) is 14.3 Å². The van der Waals surface area contributed by atoms with Gasteiger partial charge >= 0.3 is 0 Å². The third kappa shape index (κ3) is 12.9. The maximum absolute atomic E-state index is 11.4. The highest BCUT2D eigenvalue weighted by Gasteiger charge is 2.18. The van der Waals surface area contributed by atoms with E-state index in [1.54, 1.807) is 0 Å². The van der Waals surface area contributed by atoms with Crippen molar-refractivity contribution in [2.24, 2.45) is 11.5 Å². The van der Waals surface area contributed by atoms with Crippen molar-refractivity contribution in [2.45, 2.75) is 51.6 Å². The number of ether oxygens (including phenoxy) is 1. The van der Waals surface area contributed by atoms with Crippen LogP contribution in [0.2, 0.25) is 0 Å². The second kappa shape index (κ2) is 12.7. The first-order chi connectivity index (χ1) is 10.4. The quantitative estimate of drug-likeness (QED) is 0.221. The van der Waals surface area contributed by atoms with Crippen LogP contribution in [0.25, 0.3) is 0 Å². The summed E-state index contributed by atoms with van der Waals surface area (Å²) in [6, 6.07) is 0. The fourth-order valence-corrected chi connectivity index (χ4v) is 2.24. The number of nitrogens with one attached hydrogen (secondary N) is 2. The average Bonchev–Trinajstić information content (AvgIpc) is 2.47. The lowest BCUT2D eigenvalue weighted by atomic mass is 10.1. The van der Waals surface area contributed by atoms with Crippen LogP contribution >= 0.6 is 11.9 Å². The second-order valence-corrected chi connectivity index (χ2v) is 6.30. The lowest BCUT2D eigenvalue weighted by molar-refractivity contribution is -0.121. The molecule has 0 aliphatic heterocycles. The van der Waals surface area contributed by atoms with Gasteiger partial charge in [0.15, 0.2) is 0 Å². The zero-order chi connectivity index (χ0) is 16.8. The molecule has 0 aromatic carbocycles. The van der Waals surface area contributed by atoms with Crippen LogP contribution in [0, 0.1) is 0 Å². The Morgan fingerprint density at radius 1 is 1.09 bits per heavy atom. The monoisotopic (exact) mass is 334 g/mol. The van der Waals surface area contributed by atoms with E-state index in [0.717, 1.165) is 0 Å². The molecule has 130 valence electrons. The summed E-state index contributed by atoms with van der Waals surface area (Å²) in [5, 5.41) is 2.84. The van der Waals surface area contributed by atoms with E-state index in [0.29, 0.717) is 57.7 Å². The van der Waals surface area contributed by atoms with Crippen LogP contribution in [0.5, 0.6) is 0 Å². The first-order valence-corrected chi connectivity index (χ1v) is 8.61. The Morgan fingerprint density at radius 3 is 2.27 bits per heavy atom. The molecular weight excluding hydrogens is 304 g/mol. The van der Waals surface area contributed by atoms with Crippen LogP contribution in [0.4, 0.5) is 0 Å². The molecule has 7 nitrogen and oxygen atoms in total. The Hall–Kier alpha value is -0.830. The highest BCUT2D eigenvalue weighted by atomic mass is 32.2. The van der Waals surface area contributed by atoms with E-state index in [4.69, 9.17) is 16.2 Å². The molecule has 0 rings (SSSR count). The Bertz CT molecular complexity index is 327. The van der Waals surface area contributed by atoms with Crippen molar-refractivity contribution in [1.29, 1.82) is 0 Å². The van der Waals surface area contributed by atoms with Crippen molar-refractivity contribution in [3.63, 3.8) is 0 Å². The standard InChI is InChI=1S/C14H30N4O3S/c1-14(2,7-10-17-12(19)5-3-8-15)21-11-22-18-13(20)6-4-9-16/h3-11,15-16H2,1-2H3,(H,17,19)(H,18,20). The molecule has 0 bridgehead atoms. The van der Waals surface area contributed by atoms with Crippen LogP contribution in [0.1, 0.15) is 46.0 Å².